The van der Waals surface area contributed by atoms with Crippen molar-refractivity contribution in [1.82, 2.24) is 0 Å². The van der Waals surface area contributed by atoms with Crippen LogP contribution in [-0.4, -0.2) is 32.1 Å². The highest BCUT2D eigenvalue weighted by atomic mass is 16.5. The first-order valence-electron chi connectivity index (χ1n) is 6.31. The molecule has 1 aromatic carbocycles. The molecule has 0 atom stereocenters. The van der Waals surface area contributed by atoms with Crippen LogP contribution in [-0.2, 0) is 20.7 Å². The van der Waals surface area contributed by atoms with Gasteiger partial charge in [0.1, 0.15) is 0 Å². The molecule has 1 aromatic rings. The summed E-state index contributed by atoms with van der Waals surface area (Å²) in [7, 11) is 1.62. The molecule has 0 fully saturated rings. The molecule has 0 unspecified atom stereocenters. The second-order valence-corrected chi connectivity index (χ2v) is 4.56. The van der Waals surface area contributed by atoms with Crippen LogP contribution >= 0.6 is 0 Å². The van der Waals surface area contributed by atoms with Crippen LogP contribution < -0.4 is 10.2 Å². The Bertz CT molecular complexity index is 499. The maximum Gasteiger partial charge on any atom is 0.227 e. The smallest absolute Gasteiger partial charge is 0.227 e. The highest BCUT2D eigenvalue weighted by Crippen LogP contribution is 2.30. The summed E-state index contributed by atoms with van der Waals surface area (Å²) in [5, 5.41) is 2.76. The fraction of sp³-hybridized carbons (Fsp3) is 0.429. The van der Waals surface area contributed by atoms with Crippen LogP contribution in [0.25, 0.3) is 0 Å². The maximum absolute atomic E-state index is 11.9. The summed E-state index contributed by atoms with van der Waals surface area (Å²) >= 11 is 0. The van der Waals surface area contributed by atoms with Gasteiger partial charge in [-0.1, -0.05) is 0 Å². The molecule has 0 spiro atoms. The standard InChI is InChI=1S/C14H18N2O3/c1-10(17)15-12-4-5-13-11(9-12)3-6-14(18)16(13)7-8-19-2/h4-5,9H,3,6-8H2,1-2H3,(H,15,17). The first kappa shape index (κ1) is 13.5. The number of aryl methyl sites for hydroxylation is 1. The van der Waals surface area contributed by atoms with Gasteiger partial charge >= 0.3 is 0 Å². The Morgan fingerprint density at radius 1 is 1.42 bits per heavy atom. The van der Waals surface area contributed by atoms with Crippen molar-refractivity contribution >= 4 is 23.2 Å². The van der Waals surface area contributed by atoms with Crippen LogP contribution in [0.4, 0.5) is 11.4 Å². The van der Waals surface area contributed by atoms with E-state index in [0.29, 0.717) is 26.0 Å². The number of nitrogens with one attached hydrogen (secondary N) is 1. The number of rotatable bonds is 4. The van der Waals surface area contributed by atoms with Gasteiger partial charge in [-0.2, -0.15) is 0 Å². The number of methoxy groups -OCH3 is 1. The Morgan fingerprint density at radius 3 is 2.89 bits per heavy atom. The quantitative estimate of drug-likeness (QED) is 0.896. The van der Waals surface area contributed by atoms with Crippen molar-refractivity contribution in [1.29, 1.82) is 0 Å². The molecule has 19 heavy (non-hydrogen) atoms. The average Bonchev–Trinajstić information content (AvgIpc) is 2.37. The topological polar surface area (TPSA) is 58.6 Å². The molecule has 0 aliphatic carbocycles. The predicted octanol–water partition coefficient (Wildman–Crippen LogP) is 1.57. The van der Waals surface area contributed by atoms with Gasteiger partial charge in [-0.15, -0.1) is 0 Å². The summed E-state index contributed by atoms with van der Waals surface area (Å²) < 4.78 is 5.03. The SMILES string of the molecule is COCCN1C(=O)CCc2cc(NC(C)=O)ccc21. The van der Waals surface area contributed by atoms with E-state index in [4.69, 9.17) is 4.74 Å². The minimum absolute atomic E-state index is 0.0944. The van der Waals surface area contributed by atoms with Crippen LogP contribution in [0.3, 0.4) is 0 Å². The number of hydrogen-bond acceptors (Lipinski definition) is 3. The lowest BCUT2D eigenvalue weighted by molar-refractivity contribution is -0.119. The third-order valence-electron chi connectivity index (χ3n) is 3.12. The molecule has 5 nitrogen and oxygen atoms in total. The van der Waals surface area contributed by atoms with Gasteiger partial charge in [-0.05, 0) is 30.2 Å². The van der Waals surface area contributed by atoms with Crippen molar-refractivity contribution in [3.63, 3.8) is 0 Å². The van der Waals surface area contributed by atoms with E-state index in [1.807, 2.05) is 18.2 Å². The lowest BCUT2D eigenvalue weighted by Gasteiger charge is -2.29. The monoisotopic (exact) mass is 262 g/mol. The van der Waals surface area contributed by atoms with Crippen LogP contribution in [0.2, 0.25) is 0 Å². The van der Waals surface area contributed by atoms with Gasteiger partial charge in [0, 0.05) is 38.4 Å². The molecule has 1 N–H and O–H groups in total. The Morgan fingerprint density at radius 2 is 2.21 bits per heavy atom. The van der Waals surface area contributed by atoms with Crippen LogP contribution in [0, 0.1) is 0 Å². The zero-order chi connectivity index (χ0) is 13.8. The maximum atomic E-state index is 11.9. The van der Waals surface area contributed by atoms with Gasteiger partial charge in [-0.25, -0.2) is 0 Å². The Kier molecular flexibility index (Phi) is 4.16. The Balaban J connectivity index is 2.25. The molecule has 102 valence electrons. The largest absolute Gasteiger partial charge is 0.383 e. The van der Waals surface area contributed by atoms with Gasteiger partial charge in [0.05, 0.1) is 6.61 Å². The summed E-state index contributed by atoms with van der Waals surface area (Å²) in [4.78, 5) is 24.7. The summed E-state index contributed by atoms with van der Waals surface area (Å²) in [6.45, 7) is 2.55. The van der Waals surface area contributed by atoms with Crippen molar-refractivity contribution in [2.45, 2.75) is 19.8 Å². The number of nitrogens with zero attached hydrogens (tertiary/aromatic N) is 1. The fourth-order valence-electron chi connectivity index (χ4n) is 2.27. The molecule has 2 amide bonds. The van der Waals surface area contributed by atoms with Crippen LogP contribution in [0.5, 0.6) is 0 Å². The average molecular weight is 262 g/mol. The van der Waals surface area contributed by atoms with Gasteiger partial charge in [0.15, 0.2) is 0 Å². The Labute approximate surface area is 112 Å². The number of carbonyl (C=O) groups is 2. The number of anilines is 2. The van der Waals surface area contributed by atoms with E-state index < -0.39 is 0 Å². The van der Waals surface area contributed by atoms with Gasteiger partial charge in [0.2, 0.25) is 11.8 Å². The van der Waals surface area contributed by atoms with Crippen molar-refractivity contribution in [3.8, 4) is 0 Å². The zero-order valence-corrected chi connectivity index (χ0v) is 11.2. The van der Waals surface area contributed by atoms with Gasteiger partial charge < -0.3 is 15.0 Å². The third kappa shape index (κ3) is 3.12. The number of amides is 2. The molecule has 0 saturated carbocycles. The van der Waals surface area contributed by atoms with E-state index in [9.17, 15) is 9.59 Å². The van der Waals surface area contributed by atoms with E-state index in [2.05, 4.69) is 5.32 Å². The second kappa shape index (κ2) is 5.84. The lowest BCUT2D eigenvalue weighted by atomic mass is 10.0. The highest BCUT2D eigenvalue weighted by molar-refractivity contribution is 5.97. The minimum Gasteiger partial charge on any atom is -0.383 e. The third-order valence-corrected chi connectivity index (χ3v) is 3.12. The number of benzene rings is 1. The molecule has 1 aliphatic heterocycles. The molecular formula is C14H18N2O3. The Hall–Kier alpha value is -1.88. The predicted molar refractivity (Wildman–Crippen MR) is 73.3 cm³/mol. The summed E-state index contributed by atoms with van der Waals surface area (Å²) in [5.74, 6) is 0.0277. The molecule has 0 radical (unpaired) electrons. The van der Waals surface area contributed by atoms with Crippen molar-refractivity contribution in [2.24, 2.45) is 0 Å². The van der Waals surface area contributed by atoms with Crippen molar-refractivity contribution < 1.29 is 14.3 Å². The van der Waals surface area contributed by atoms with Crippen molar-refractivity contribution in [3.05, 3.63) is 23.8 Å². The number of hydrogen-bond donors (Lipinski definition) is 1. The van der Waals surface area contributed by atoms with E-state index in [1.165, 1.54) is 6.92 Å². The number of carbonyl (C=O) groups excluding carboxylic acids is 2. The first-order valence-corrected chi connectivity index (χ1v) is 6.31. The molecule has 1 heterocycles. The molecule has 2 rings (SSSR count). The number of fused-ring (bicyclic) bond motifs is 1. The van der Waals surface area contributed by atoms with E-state index in [0.717, 1.165) is 16.9 Å². The second-order valence-electron chi connectivity index (χ2n) is 4.56. The van der Waals surface area contributed by atoms with Crippen LogP contribution in [0.1, 0.15) is 18.9 Å². The van der Waals surface area contributed by atoms with E-state index in [-0.39, 0.29) is 11.8 Å². The first-order chi connectivity index (χ1) is 9.11. The van der Waals surface area contributed by atoms with E-state index in [1.54, 1.807) is 12.0 Å². The zero-order valence-electron chi connectivity index (χ0n) is 11.2. The molecule has 0 bridgehead atoms. The molecule has 0 saturated heterocycles. The summed E-state index contributed by atoms with van der Waals surface area (Å²) in [6, 6.07) is 5.63. The molecule has 1 aliphatic rings. The molecular weight excluding hydrogens is 244 g/mol. The van der Waals surface area contributed by atoms with Gasteiger partial charge in [-0.3, -0.25) is 9.59 Å². The van der Waals surface area contributed by atoms with Crippen molar-refractivity contribution in [2.75, 3.05) is 30.5 Å². The van der Waals surface area contributed by atoms with Crippen LogP contribution in [0.15, 0.2) is 18.2 Å². The molecule has 5 heteroatoms. The normalized spacial score (nSPS) is 14.2. The minimum atomic E-state index is -0.0944. The number of ether oxygens (including phenoxy) is 1. The lowest BCUT2D eigenvalue weighted by Crippen LogP contribution is -2.37. The molecule has 0 aromatic heterocycles. The van der Waals surface area contributed by atoms with Gasteiger partial charge in [0.25, 0.3) is 0 Å². The highest BCUT2D eigenvalue weighted by Gasteiger charge is 2.23. The summed E-state index contributed by atoms with van der Waals surface area (Å²) in [6.07, 6.45) is 1.21. The summed E-state index contributed by atoms with van der Waals surface area (Å²) in [5.41, 5.74) is 2.77. The fourth-order valence-corrected chi connectivity index (χ4v) is 2.27. The van der Waals surface area contributed by atoms with E-state index >= 15 is 0 Å².